The lowest BCUT2D eigenvalue weighted by Crippen LogP contribution is -2.51. The first kappa shape index (κ1) is 20.8. The van der Waals surface area contributed by atoms with Crippen LogP contribution in [0, 0.1) is 0 Å². The Kier molecular flexibility index (Phi) is 7.04. The number of carbonyl (C=O) groups excluding carboxylic acids is 2. The van der Waals surface area contributed by atoms with E-state index in [4.69, 9.17) is 0 Å². The molecule has 3 heterocycles. The maximum absolute atomic E-state index is 12.8. The molecule has 2 aromatic heterocycles. The third-order valence-corrected chi connectivity index (χ3v) is 6.49. The minimum absolute atomic E-state index is 0. The van der Waals surface area contributed by atoms with Gasteiger partial charge in [-0.3, -0.25) is 14.6 Å². The summed E-state index contributed by atoms with van der Waals surface area (Å²) >= 11 is 1.57. The van der Waals surface area contributed by atoms with Crippen LogP contribution in [0.4, 0.5) is 0 Å². The molecule has 0 spiro atoms. The number of nitrogens with zero attached hydrogens (tertiary/aromatic N) is 2. The van der Waals surface area contributed by atoms with E-state index in [1.54, 1.807) is 23.7 Å². The summed E-state index contributed by atoms with van der Waals surface area (Å²) in [6, 6.07) is 5.82. The van der Waals surface area contributed by atoms with Crippen LogP contribution >= 0.6 is 23.7 Å². The molecule has 1 aliphatic heterocycles. The fraction of sp³-hybridized carbons (Fsp3) is 0.450. The van der Waals surface area contributed by atoms with Crippen LogP contribution in [0.1, 0.15) is 44.6 Å². The summed E-state index contributed by atoms with van der Waals surface area (Å²) in [7, 11) is 0. The number of piperazine rings is 1. The van der Waals surface area contributed by atoms with Gasteiger partial charge in [0.05, 0.1) is 17.5 Å². The Labute approximate surface area is 175 Å². The average molecular weight is 421 g/mol. The molecule has 8 heteroatoms. The van der Waals surface area contributed by atoms with Gasteiger partial charge in [-0.2, -0.15) is 0 Å². The smallest absolute Gasteiger partial charge is 0.261 e. The third-order valence-electron chi connectivity index (χ3n) is 5.25. The predicted molar refractivity (Wildman–Crippen MR) is 112 cm³/mol. The van der Waals surface area contributed by atoms with E-state index in [9.17, 15) is 9.59 Å². The highest BCUT2D eigenvalue weighted by Gasteiger charge is 2.28. The predicted octanol–water partition coefficient (Wildman–Crippen LogP) is 2.35. The molecule has 0 radical (unpaired) electrons. The Balaban J connectivity index is 0.00000225. The quantitative estimate of drug-likeness (QED) is 0.796. The van der Waals surface area contributed by atoms with Gasteiger partial charge in [0.25, 0.3) is 5.91 Å². The largest absolute Gasteiger partial charge is 0.342 e. The first-order valence-corrected chi connectivity index (χ1v) is 10.3. The average Bonchev–Trinajstić information content (AvgIpc) is 3.17. The summed E-state index contributed by atoms with van der Waals surface area (Å²) in [4.78, 5) is 33.3. The summed E-state index contributed by atoms with van der Waals surface area (Å²) in [5, 5.41) is 6.15. The second-order valence-electron chi connectivity index (χ2n) is 7.04. The van der Waals surface area contributed by atoms with Crippen LogP contribution in [0.25, 0.3) is 0 Å². The van der Waals surface area contributed by atoms with Crippen molar-refractivity contribution in [2.75, 3.05) is 26.2 Å². The van der Waals surface area contributed by atoms with E-state index in [1.165, 1.54) is 23.3 Å². The van der Waals surface area contributed by atoms with Crippen molar-refractivity contribution < 1.29 is 9.59 Å². The lowest BCUT2D eigenvalue weighted by molar-refractivity contribution is -0.133. The van der Waals surface area contributed by atoms with Gasteiger partial charge in [0.1, 0.15) is 0 Å². The Bertz CT molecular complexity index is 803. The molecule has 2 aliphatic rings. The highest BCUT2D eigenvalue weighted by molar-refractivity contribution is 7.14. The molecule has 1 unspecified atom stereocenters. The molecule has 0 saturated carbocycles. The molecule has 0 bridgehead atoms. The normalized spacial score (nSPS) is 18.7. The number of nitrogens with one attached hydrogen (secondary N) is 2. The van der Waals surface area contributed by atoms with E-state index in [0.29, 0.717) is 13.1 Å². The number of rotatable bonds is 4. The lowest BCUT2D eigenvalue weighted by atomic mass is 9.99. The number of amides is 2. The highest BCUT2D eigenvalue weighted by Crippen LogP contribution is 2.29. The van der Waals surface area contributed by atoms with Crippen molar-refractivity contribution in [2.45, 2.75) is 31.7 Å². The van der Waals surface area contributed by atoms with Crippen molar-refractivity contribution >= 4 is 35.6 Å². The van der Waals surface area contributed by atoms with Gasteiger partial charge in [-0.1, -0.05) is 6.07 Å². The molecule has 150 valence electrons. The van der Waals surface area contributed by atoms with Crippen molar-refractivity contribution in [1.29, 1.82) is 0 Å². The van der Waals surface area contributed by atoms with Gasteiger partial charge in [-0.15, -0.1) is 23.7 Å². The van der Waals surface area contributed by atoms with Gasteiger partial charge in [0, 0.05) is 36.9 Å². The van der Waals surface area contributed by atoms with E-state index in [2.05, 4.69) is 15.6 Å². The van der Waals surface area contributed by atoms with E-state index in [0.717, 1.165) is 29.8 Å². The summed E-state index contributed by atoms with van der Waals surface area (Å²) in [6.07, 6.45) is 8.05. The molecule has 1 atom stereocenters. The monoisotopic (exact) mass is 420 g/mol. The van der Waals surface area contributed by atoms with Gasteiger partial charge < -0.3 is 15.5 Å². The fourth-order valence-electron chi connectivity index (χ4n) is 3.82. The number of carbonyl (C=O) groups is 2. The number of hydrogen-bond donors (Lipinski definition) is 2. The van der Waals surface area contributed by atoms with Crippen LogP contribution in [-0.4, -0.2) is 47.9 Å². The van der Waals surface area contributed by atoms with E-state index in [1.807, 2.05) is 23.1 Å². The number of aromatic nitrogens is 1. The Morgan fingerprint density at radius 1 is 1.32 bits per heavy atom. The van der Waals surface area contributed by atoms with Crippen molar-refractivity contribution in [3.63, 3.8) is 0 Å². The van der Waals surface area contributed by atoms with Crippen molar-refractivity contribution in [3.05, 3.63) is 51.5 Å². The second kappa shape index (κ2) is 9.49. The zero-order valence-corrected chi connectivity index (χ0v) is 17.3. The van der Waals surface area contributed by atoms with Gasteiger partial charge in [-0.05, 0) is 48.9 Å². The topological polar surface area (TPSA) is 74.3 Å². The van der Waals surface area contributed by atoms with Crippen LogP contribution in [0.2, 0.25) is 0 Å². The Hall–Kier alpha value is -1.96. The molecule has 2 amide bonds. The minimum atomic E-state index is -0.143. The zero-order valence-electron chi connectivity index (χ0n) is 15.6. The summed E-state index contributed by atoms with van der Waals surface area (Å²) < 4.78 is 0. The SMILES string of the molecule is Cl.O=C(NCC(=O)N1CCNCC1c1cccnc1)c1cc2c(s1)CCCC2. The van der Waals surface area contributed by atoms with Crippen LogP contribution in [0.3, 0.4) is 0 Å². The van der Waals surface area contributed by atoms with Crippen LogP contribution in [-0.2, 0) is 17.6 Å². The molecule has 2 N–H and O–H groups in total. The number of thiophene rings is 1. The second-order valence-corrected chi connectivity index (χ2v) is 8.18. The molecule has 2 aromatic rings. The zero-order chi connectivity index (χ0) is 18.6. The lowest BCUT2D eigenvalue weighted by Gasteiger charge is -2.36. The maximum Gasteiger partial charge on any atom is 0.261 e. The number of fused-ring (bicyclic) bond motifs is 1. The van der Waals surface area contributed by atoms with Crippen LogP contribution < -0.4 is 10.6 Å². The highest BCUT2D eigenvalue weighted by atomic mass is 35.5. The van der Waals surface area contributed by atoms with Crippen molar-refractivity contribution in [1.82, 2.24) is 20.5 Å². The number of halogens is 1. The Morgan fingerprint density at radius 2 is 2.18 bits per heavy atom. The molecule has 1 fully saturated rings. The summed E-state index contributed by atoms with van der Waals surface area (Å²) in [5.41, 5.74) is 2.32. The first-order valence-electron chi connectivity index (χ1n) is 9.52. The van der Waals surface area contributed by atoms with E-state index in [-0.39, 0.29) is 36.8 Å². The molecule has 6 nitrogen and oxygen atoms in total. The number of aryl methyl sites for hydroxylation is 2. The van der Waals surface area contributed by atoms with Crippen LogP contribution in [0.5, 0.6) is 0 Å². The van der Waals surface area contributed by atoms with Crippen molar-refractivity contribution in [2.24, 2.45) is 0 Å². The maximum atomic E-state index is 12.8. The van der Waals surface area contributed by atoms with E-state index >= 15 is 0 Å². The molecule has 28 heavy (non-hydrogen) atoms. The first-order chi connectivity index (χ1) is 13.2. The number of hydrogen-bond acceptors (Lipinski definition) is 5. The summed E-state index contributed by atoms with van der Waals surface area (Å²) in [5.74, 6) is -0.198. The van der Waals surface area contributed by atoms with Gasteiger partial charge in [0.2, 0.25) is 5.91 Å². The summed E-state index contributed by atoms with van der Waals surface area (Å²) in [6.45, 7) is 2.11. The standard InChI is InChI=1S/C20H24N4O2S.ClH/c25-19(24-9-8-22-12-16(24)15-5-3-7-21-11-15)13-23-20(26)18-10-14-4-1-2-6-17(14)27-18;/h3,5,7,10-11,16,22H,1-2,4,6,8-9,12-13H2,(H,23,26);1H. The van der Waals surface area contributed by atoms with Crippen molar-refractivity contribution in [3.8, 4) is 0 Å². The Morgan fingerprint density at radius 3 is 2.96 bits per heavy atom. The van der Waals surface area contributed by atoms with E-state index < -0.39 is 0 Å². The van der Waals surface area contributed by atoms with Gasteiger partial charge in [-0.25, -0.2) is 0 Å². The molecular weight excluding hydrogens is 396 g/mol. The molecule has 0 aromatic carbocycles. The number of pyridine rings is 1. The third kappa shape index (κ3) is 4.54. The molecule has 4 rings (SSSR count). The van der Waals surface area contributed by atoms with Gasteiger partial charge in [0.15, 0.2) is 0 Å². The minimum Gasteiger partial charge on any atom is -0.342 e. The molecule has 1 saturated heterocycles. The molecular formula is C20H25ClN4O2S. The fourth-order valence-corrected chi connectivity index (χ4v) is 4.99. The molecule has 1 aliphatic carbocycles. The van der Waals surface area contributed by atoms with Gasteiger partial charge >= 0.3 is 0 Å². The van der Waals surface area contributed by atoms with Crippen LogP contribution in [0.15, 0.2) is 30.6 Å².